The molecule has 2 N–H and O–H groups in total. The van der Waals surface area contributed by atoms with Crippen LogP contribution in [0.15, 0.2) is 35.0 Å². The van der Waals surface area contributed by atoms with Crippen LogP contribution in [0.3, 0.4) is 0 Å². The summed E-state index contributed by atoms with van der Waals surface area (Å²) in [6.45, 7) is 6.28. The van der Waals surface area contributed by atoms with Crippen LogP contribution >= 0.6 is 15.9 Å². The first-order valence-corrected chi connectivity index (χ1v) is 7.38. The highest BCUT2D eigenvalue weighted by Gasteiger charge is 2.23. The van der Waals surface area contributed by atoms with Crippen LogP contribution in [-0.4, -0.2) is 25.2 Å². The quantitative estimate of drug-likeness (QED) is 0.460. The van der Waals surface area contributed by atoms with Gasteiger partial charge in [0, 0.05) is 0 Å². The van der Waals surface area contributed by atoms with E-state index in [-0.39, 0.29) is 5.70 Å². The minimum Gasteiger partial charge on any atom is -0.490 e. The van der Waals surface area contributed by atoms with E-state index in [4.69, 9.17) is 9.47 Å². The van der Waals surface area contributed by atoms with Crippen LogP contribution in [0, 0.1) is 0 Å². The summed E-state index contributed by atoms with van der Waals surface area (Å²) in [6, 6.07) is 2.97. The second-order valence-electron chi connectivity index (χ2n) is 4.33. The summed E-state index contributed by atoms with van der Waals surface area (Å²) in [5.41, 5.74) is 0.868. The number of rotatable bonds is 6. The van der Waals surface area contributed by atoms with Crippen molar-refractivity contribution in [2.24, 2.45) is 0 Å². The highest BCUT2D eigenvalue weighted by atomic mass is 79.9. The third-order valence-corrected chi connectivity index (χ3v) is 3.30. The number of urea groups is 1. The summed E-state index contributed by atoms with van der Waals surface area (Å²) in [4.78, 5) is 22.7. The van der Waals surface area contributed by atoms with Crippen molar-refractivity contribution in [2.45, 2.75) is 6.92 Å². The summed E-state index contributed by atoms with van der Waals surface area (Å²) >= 11 is 3.42. The Morgan fingerprint density at radius 3 is 2.64 bits per heavy atom. The Hall–Kier alpha value is -2.28. The van der Waals surface area contributed by atoms with Crippen molar-refractivity contribution in [3.05, 3.63) is 40.5 Å². The predicted octanol–water partition coefficient (Wildman–Crippen LogP) is 2.59. The monoisotopic (exact) mass is 366 g/mol. The second kappa shape index (κ2) is 7.13. The third-order valence-electron chi connectivity index (χ3n) is 2.71. The van der Waals surface area contributed by atoms with Crippen molar-refractivity contribution in [1.29, 1.82) is 0 Å². The lowest BCUT2D eigenvalue weighted by atomic mass is 10.1. The smallest absolute Gasteiger partial charge is 0.326 e. The number of halogens is 1. The van der Waals surface area contributed by atoms with Gasteiger partial charge < -0.3 is 14.8 Å². The first kappa shape index (κ1) is 16.1. The fourth-order valence-corrected chi connectivity index (χ4v) is 2.44. The SMILES string of the molecule is C=CCOc1c(Br)cc(/C=C2/NC(=O)NC2=O)cc1OCC. The number of benzene rings is 1. The number of nitrogens with one attached hydrogen (secondary N) is 2. The largest absolute Gasteiger partial charge is 0.490 e. The molecule has 0 saturated carbocycles. The molecule has 1 fully saturated rings. The highest BCUT2D eigenvalue weighted by Crippen LogP contribution is 2.37. The standard InChI is InChI=1S/C15H15BrN2O4/c1-3-5-22-13-10(16)6-9(8-12(13)21-4-2)7-11-14(19)18-15(20)17-11/h3,6-8H,1,4-5H2,2H3,(H2,17,18,19,20)/b11-7+. The Morgan fingerprint density at radius 1 is 1.27 bits per heavy atom. The van der Waals surface area contributed by atoms with Gasteiger partial charge in [0.2, 0.25) is 0 Å². The Labute approximate surface area is 136 Å². The lowest BCUT2D eigenvalue weighted by Gasteiger charge is -2.13. The van der Waals surface area contributed by atoms with Gasteiger partial charge in [0.15, 0.2) is 11.5 Å². The van der Waals surface area contributed by atoms with Crippen LogP contribution in [-0.2, 0) is 4.79 Å². The molecule has 22 heavy (non-hydrogen) atoms. The predicted molar refractivity (Wildman–Crippen MR) is 85.7 cm³/mol. The molecule has 6 nitrogen and oxygen atoms in total. The molecule has 1 heterocycles. The molecule has 2 rings (SSSR count). The highest BCUT2D eigenvalue weighted by molar-refractivity contribution is 9.10. The number of ether oxygens (including phenoxy) is 2. The van der Waals surface area contributed by atoms with Gasteiger partial charge in [-0.15, -0.1) is 0 Å². The van der Waals surface area contributed by atoms with E-state index in [2.05, 4.69) is 33.1 Å². The number of hydrogen-bond donors (Lipinski definition) is 2. The molecule has 0 unspecified atom stereocenters. The van der Waals surface area contributed by atoms with Gasteiger partial charge in [0.1, 0.15) is 12.3 Å². The molecule has 3 amide bonds. The van der Waals surface area contributed by atoms with Gasteiger partial charge in [-0.05, 0) is 46.6 Å². The molecule has 1 aromatic carbocycles. The van der Waals surface area contributed by atoms with E-state index in [1.54, 1.807) is 24.3 Å². The summed E-state index contributed by atoms with van der Waals surface area (Å²) in [7, 11) is 0. The lowest BCUT2D eigenvalue weighted by Crippen LogP contribution is -2.22. The molecule has 0 spiro atoms. The van der Waals surface area contributed by atoms with Crippen LogP contribution in [0.2, 0.25) is 0 Å². The van der Waals surface area contributed by atoms with Gasteiger partial charge in [0.05, 0.1) is 11.1 Å². The average molecular weight is 367 g/mol. The van der Waals surface area contributed by atoms with Crippen molar-refractivity contribution in [3.8, 4) is 11.5 Å². The molecule has 1 aliphatic rings. The molecular formula is C15H15BrN2O4. The summed E-state index contributed by atoms with van der Waals surface area (Å²) in [5.74, 6) is 0.630. The molecule has 0 aromatic heterocycles. The van der Waals surface area contributed by atoms with Gasteiger partial charge in [-0.1, -0.05) is 12.7 Å². The van der Waals surface area contributed by atoms with Crippen molar-refractivity contribution in [1.82, 2.24) is 10.6 Å². The fourth-order valence-electron chi connectivity index (χ4n) is 1.87. The van der Waals surface area contributed by atoms with Gasteiger partial charge >= 0.3 is 6.03 Å². The fraction of sp³-hybridized carbons (Fsp3) is 0.200. The van der Waals surface area contributed by atoms with Crippen LogP contribution in [0.5, 0.6) is 11.5 Å². The van der Waals surface area contributed by atoms with E-state index in [1.807, 2.05) is 6.92 Å². The van der Waals surface area contributed by atoms with E-state index < -0.39 is 11.9 Å². The maximum atomic E-state index is 11.6. The molecule has 1 aliphatic heterocycles. The van der Waals surface area contributed by atoms with Crippen LogP contribution in [0.1, 0.15) is 12.5 Å². The van der Waals surface area contributed by atoms with Gasteiger partial charge in [-0.3, -0.25) is 10.1 Å². The van der Waals surface area contributed by atoms with E-state index in [1.165, 1.54) is 0 Å². The first-order chi connectivity index (χ1) is 10.5. The van der Waals surface area contributed by atoms with Gasteiger partial charge in [-0.2, -0.15) is 0 Å². The molecule has 1 aromatic rings. The Bertz CT molecular complexity index is 655. The molecule has 1 saturated heterocycles. The normalized spacial score (nSPS) is 15.5. The van der Waals surface area contributed by atoms with Crippen molar-refractivity contribution >= 4 is 33.9 Å². The molecule has 0 radical (unpaired) electrons. The van der Waals surface area contributed by atoms with Crippen LogP contribution in [0.25, 0.3) is 6.08 Å². The number of carbonyl (C=O) groups excluding carboxylic acids is 2. The topological polar surface area (TPSA) is 76.7 Å². The van der Waals surface area contributed by atoms with Gasteiger partial charge in [-0.25, -0.2) is 4.79 Å². The van der Waals surface area contributed by atoms with Gasteiger partial charge in [0.25, 0.3) is 5.91 Å². The first-order valence-electron chi connectivity index (χ1n) is 6.59. The molecule has 7 heteroatoms. The second-order valence-corrected chi connectivity index (χ2v) is 5.18. The Morgan fingerprint density at radius 2 is 2.05 bits per heavy atom. The van der Waals surface area contributed by atoms with Crippen molar-refractivity contribution in [3.63, 3.8) is 0 Å². The number of imide groups is 1. The molecule has 0 bridgehead atoms. The molecule has 0 aliphatic carbocycles. The zero-order valence-corrected chi connectivity index (χ0v) is 13.5. The van der Waals surface area contributed by atoms with E-state index in [0.29, 0.717) is 34.7 Å². The van der Waals surface area contributed by atoms with E-state index in [0.717, 1.165) is 0 Å². The molecule has 116 valence electrons. The summed E-state index contributed by atoms with van der Waals surface area (Å²) in [6.07, 6.45) is 3.20. The minimum absolute atomic E-state index is 0.180. The van der Waals surface area contributed by atoms with Crippen LogP contribution in [0.4, 0.5) is 4.79 Å². The molecule has 0 atom stereocenters. The minimum atomic E-state index is -0.536. The Balaban J connectivity index is 2.37. The third kappa shape index (κ3) is 3.67. The number of amides is 3. The average Bonchev–Trinajstić information content (AvgIpc) is 2.76. The maximum Gasteiger partial charge on any atom is 0.326 e. The maximum absolute atomic E-state index is 11.6. The zero-order chi connectivity index (χ0) is 16.1. The van der Waals surface area contributed by atoms with Crippen LogP contribution < -0.4 is 20.1 Å². The summed E-state index contributed by atoms with van der Waals surface area (Å²) in [5, 5.41) is 4.58. The van der Waals surface area contributed by atoms with Crippen molar-refractivity contribution in [2.75, 3.05) is 13.2 Å². The number of carbonyl (C=O) groups is 2. The zero-order valence-electron chi connectivity index (χ0n) is 11.9. The Kier molecular flexibility index (Phi) is 5.21. The molecular weight excluding hydrogens is 352 g/mol. The summed E-state index contributed by atoms with van der Waals surface area (Å²) < 4.78 is 11.8. The van der Waals surface area contributed by atoms with E-state index >= 15 is 0 Å². The number of hydrogen-bond acceptors (Lipinski definition) is 4. The lowest BCUT2D eigenvalue weighted by molar-refractivity contribution is -0.115. The van der Waals surface area contributed by atoms with E-state index in [9.17, 15) is 9.59 Å². The van der Waals surface area contributed by atoms with Crippen molar-refractivity contribution < 1.29 is 19.1 Å².